The Morgan fingerprint density at radius 2 is 1.24 bits per heavy atom. The number of unbranched alkanes of at least 4 members (excludes halogenated alkanes) is 12. The summed E-state index contributed by atoms with van der Waals surface area (Å²) in [5, 5.41) is 8.54. The molecule has 0 aromatic heterocycles. The molecule has 0 aliphatic carbocycles. The molecule has 0 atom stereocenters. The summed E-state index contributed by atoms with van der Waals surface area (Å²) in [6, 6.07) is 0. The predicted octanol–water partition coefficient (Wildman–Crippen LogP) is 1.45. The summed E-state index contributed by atoms with van der Waals surface area (Å²) in [7, 11) is -3.90. The van der Waals surface area contributed by atoms with E-state index in [2.05, 4.69) is 11.1 Å². The first-order chi connectivity index (χ1) is 11.5. The Balaban J connectivity index is -0.00000264. The van der Waals surface area contributed by atoms with Gasteiger partial charge in [0.2, 0.25) is 0 Å². The third kappa shape index (κ3) is 20.5. The van der Waals surface area contributed by atoms with Gasteiger partial charge in [0.15, 0.2) is 0 Å². The van der Waals surface area contributed by atoms with Crippen molar-refractivity contribution in [2.45, 2.75) is 96.8 Å². The maximum Gasteiger partial charge on any atom is 1.00 e. The molecule has 0 spiro atoms. The van der Waals surface area contributed by atoms with Crippen molar-refractivity contribution in [2.24, 2.45) is 0 Å². The van der Waals surface area contributed by atoms with Crippen molar-refractivity contribution in [2.75, 3.05) is 12.4 Å². The summed E-state index contributed by atoms with van der Waals surface area (Å²) in [4.78, 5) is 11.4. The number of aliphatic hydroxyl groups is 1. The average molecular weight is 389 g/mol. The van der Waals surface area contributed by atoms with E-state index in [1.54, 1.807) is 0 Å². The van der Waals surface area contributed by atoms with Gasteiger partial charge < -0.3 is 10.7 Å². The van der Waals surface area contributed by atoms with Crippen LogP contribution in [-0.2, 0) is 19.1 Å². The second kappa shape index (κ2) is 19.2. The number of carbonyl (C=O) groups is 1. The van der Waals surface area contributed by atoms with Crippen molar-refractivity contribution in [1.82, 2.24) is 0 Å². The van der Waals surface area contributed by atoms with Gasteiger partial charge >= 0.3 is 45.6 Å². The first-order valence-electron chi connectivity index (χ1n) is 9.57. The van der Waals surface area contributed by atoms with Gasteiger partial charge in [-0.1, -0.05) is 84.0 Å². The molecule has 0 heterocycles. The number of hydrogen-bond acceptors (Lipinski definition) is 5. The van der Waals surface area contributed by atoms with E-state index < -0.39 is 28.4 Å². The molecule has 146 valence electrons. The van der Waals surface area contributed by atoms with E-state index in [1.807, 2.05) is 0 Å². The van der Waals surface area contributed by atoms with Gasteiger partial charge in [0.05, 0.1) is 6.61 Å². The summed E-state index contributed by atoms with van der Waals surface area (Å²) in [5.41, 5.74) is 0. The summed E-state index contributed by atoms with van der Waals surface area (Å²) in [6.45, 7) is 1.70. The first kappa shape index (κ1) is 27.6. The van der Waals surface area contributed by atoms with Crippen molar-refractivity contribution >= 4 is 16.1 Å². The van der Waals surface area contributed by atoms with Crippen LogP contribution in [0.5, 0.6) is 0 Å². The van der Waals surface area contributed by atoms with Crippen molar-refractivity contribution in [3.63, 3.8) is 0 Å². The number of carbonyl (C=O) groups excluding carboxylic acids is 1. The van der Waals surface area contributed by atoms with Crippen LogP contribution in [0, 0.1) is 0 Å². The Morgan fingerprint density at radius 1 is 0.840 bits per heavy atom. The molecule has 0 fully saturated rings. The van der Waals surface area contributed by atoms with Crippen LogP contribution in [0.2, 0.25) is 0 Å². The van der Waals surface area contributed by atoms with E-state index in [0.29, 0.717) is 6.42 Å². The number of aliphatic hydroxyl groups excluding tert-OH is 1. The average Bonchev–Trinajstić information content (AvgIpc) is 2.51. The molecule has 0 aliphatic rings. The SMILES string of the molecule is CCCCCCCCCCCCCCCC(=O)OS(=O)(=O)CCO.[H-].[Na+]. The quantitative estimate of drug-likeness (QED) is 0.232. The van der Waals surface area contributed by atoms with Gasteiger partial charge in [0.25, 0.3) is 0 Å². The minimum Gasteiger partial charge on any atom is -1.00 e. The molecular formula is C18H37NaO5S. The van der Waals surface area contributed by atoms with Crippen molar-refractivity contribution in [1.29, 1.82) is 0 Å². The molecule has 0 aromatic carbocycles. The minimum absolute atomic E-state index is 0. The second-order valence-electron chi connectivity index (χ2n) is 6.43. The van der Waals surface area contributed by atoms with Crippen LogP contribution in [0.25, 0.3) is 0 Å². The Kier molecular flexibility index (Phi) is 21.1. The Hall–Kier alpha value is 0.380. The Morgan fingerprint density at radius 3 is 1.64 bits per heavy atom. The second-order valence-corrected chi connectivity index (χ2v) is 8.12. The van der Waals surface area contributed by atoms with Gasteiger partial charge in [0, 0.05) is 6.42 Å². The van der Waals surface area contributed by atoms with E-state index in [1.165, 1.54) is 64.2 Å². The molecule has 0 aliphatic heterocycles. The van der Waals surface area contributed by atoms with Gasteiger partial charge in [-0.2, -0.15) is 8.42 Å². The summed E-state index contributed by atoms with van der Waals surface area (Å²) in [6.07, 6.45) is 15.9. The van der Waals surface area contributed by atoms with Crippen molar-refractivity contribution < 1.29 is 53.5 Å². The van der Waals surface area contributed by atoms with E-state index in [0.717, 1.165) is 12.8 Å². The molecule has 0 bridgehead atoms. The van der Waals surface area contributed by atoms with Crippen LogP contribution >= 0.6 is 0 Å². The zero-order valence-electron chi connectivity index (χ0n) is 17.3. The zero-order chi connectivity index (χ0) is 18.1. The molecule has 5 nitrogen and oxygen atoms in total. The van der Waals surface area contributed by atoms with Gasteiger partial charge in [-0.05, 0) is 6.42 Å². The van der Waals surface area contributed by atoms with E-state index in [-0.39, 0.29) is 37.4 Å². The molecule has 0 amide bonds. The summed E-state index contributed by atoms with van der Waals surface area (Å²) >= 11 is 0. The molecule has 0 saturated heterocycles. The summed E-state index contributed by atoms with van der Waals surface area (Å²) < 4.78 is 26.7. The normalized spacial score (nSPS) is 11.1. The summed E-state index contributed by atoms with van der Waals surface area (Å²) in [5.74, 6) is -1.25. The molecule has 0 aromatic rings. The molecule has 25 heavy (non-hydrogen) atoms. The third-order valence-electron chi connectivity index (χ3n) is 4.05. The molecule has 0 rings (SSSR count). The first-order valence-corrected chi connectivity index (χ1v) is 11.2. The van der Waals surface area contributed by atoms with Gasteiger partial charge in [-0.25, -0.2) is 0 Å². The molecular weight excluding hydrogens is 351 g/mol. The fourth-order valence-electron chi connectivity index (χ4n) is 2.62. The topological polar surface area (TPSA) is 80.7 Å². The molecule has 7 heteroatoms. The standard InChI is InChI=1S/C18H36O5S.Na.H/c1-2-3-4-5-6-7-8-9-10-11-12-13-14-15-18(20)23-24(21,22)17-16-19;;/h19H,2-17H2,1H3;;/q;+1;-1. The van der Waals surface area contributed by atoms with Gasteiger partial charge in [-0.3, -0.25) is 4.79 Å². The van der Waals surface area contributed by atoms with Crippen LogP contribution in [0.15, 0.2) is 0 Å². The van der Waals surface area contributed by atoms with Crippen LogP contribution in [0.1, 0.15) is 98.2 Å². The smallest absolute Gasteiger partial charge is 1.00 e. The van der Waals surface area contributed by atoms with E-state index in [4.69, 9.17) is 5.11 Å². The number of rotatable bonds is 17. The Labute approximate surface area is 178 Å². The largest absolute Gasteiger partial charge is 1.00 e. The van der Waals surface area contributed by atoms with Crippen LogP contribution in [0.4, 0.5) is 0 Å². The van der Waals surface area contributed by atoms with E-state index in [9.17, 15) is 13.2 Å². The monoisotopic (exact) mass is 388 g/mol. The fourth-order valence-corrected chi connectivity index (χ4v) is 3.30. The molecule has 0 saturated carbocycles. The minimum atomic E-state index is -3.90. The van der Waals surface area contributed by atoms with Crippen molar-refractivity contribution in [3.8, 4) is 0 Å². The van der Waals surface area contributed by atoms with Gasteiger partial charge in [-0.15, -0.1) is 0 Å². The fraction of sp³-hybridized carbons (Fsp3) is 0.944. The third-order valence-corrected chi connectivity index (χ3v) is 5.17. The molecule has 0 radical (unpaired) electrons. The van der Waals surface area contributed by atoms with Crippen molar-refractivity contribution in [3.05, 3.63) is 0 Å². The zero-order valence-corrected chi connectivity index (χ0v) is 19.1. The maximum absolute atomic E-state index is 11.4. The van der Waals surface area contributed by atoms with Crippen LogP contribution in [-0.4, -0.2) is 31.9 Å². The van der Waals surface area contributed by atoms with E-state index >= 15 is 0 Å². The molecule has 1 N–H and O–H groups in total. The van der Waals surface area contributed by atoms with Crippen LogP contribution in [0.3, 0.4) is 0 Å². The Bertz CT molecular complexity index is 404. The van der Waals surface area contributed by atoms with Crippen LogP contribution < -0.4 is 29.6 Å². The maximum atomic E-state index is 11.4. The predicted molar refractivity (Wildman–Crippen MR) is 98.4 cm³/mol. The molecule has 0 unspecified atom stereocenters. The van der Waals surface area contributed by atoms with Gasteiger partial charge in [0.1, 0.15) is 5.75 Å². The number of hydrogen-bond donors (Lipinski definition) is 1.